The zero-order valence-electron chi connectivity index (χ0n) is 11.2. The quantitative estimate of drug-likeness (QED) is 0.805. The highest BCUT2D eigenvalue weighted by molar-refractivity contribution is 6.68. The van der Waals surface area contributed by atoms with E-state index in [1.54, 1.807) is 14.0 Å². The fraction of sp³-hybridized carbons (Fsp3) is 0.286. The normalized spacial score (nSPS) is 10.6. The number of nitrogens with zero attached hydrogens (tertiary/aromatic N) is 1. The fourth-order valence-corrected chi connectivity index (χ4v) is 2.27. The van der Waals surface area contributed by atoms with Gasteiger partial charge in [-0.1, -0.05) is 5.16 Å². The molecule has 0 radical (unpaired) electrons. The summed E-state index contributed by atoms with van der Waals surface area (Å²) >= 11 is 5.59. The molecule has 0 aliphatic heterocycles. The number of aromatic nitrogens is 1. The maximum atomic E-state index is 11.5. The highest BCUT2D eigenvalue weighted by atomic mass is 35.5. The molecule has 2 rings (SSSR count). The third-order valence-electron chi connectivity index (χ3n) is 3.06. The number of aryl methyl sites for hydroxylation is 3. The summed E-state index contributed by atoms with van der Waals surface area (Å²) in [7, 11) is 1.62. The minimum Gasteiger partial charge on any atom is -0.496 e. The number of benzene rings is 1. The lowest BCUT2D eigenvalue weighted by atomic mass is 9.99. The van der Waals surface area contributed by atoms with E-state index in [0.29, 0.717) is 17.0 Å². The second kappa shape index (κ2) is 5.05. The van der Waals surface area contributed by atoms with Gasteiger partial charge in [-0.3, -0.25) is 4.79 Å². The summed E-state index contributed by atoms with van der Waals surface area (Å²) < 4.78 is 10.3. The van der Waals surface area contributed by atoms with Crippen LogP contribution in [-0.4, -0.2) is 17.5 Å². The molecular formula is C14H14ClNO3. The van der Waals surface area contributed by atoms with E-state index < -0.39 is 5.24 Å². The van der Waals surface area contributed by atoms with Crippen molar-refractivity contribution in [1.29, 1.82) is 0 Å². The number of carbonyl (C=O) groups is 1. The lowest BCUT2D eigenvalue weighted by Gasteiger charge is -2.10. The van der Waals surface area contributed by atoms with E-state index in [1.165, 1.54) is 0 Å². The monoisotopic (exact) mass is 279 g/mol. The molecule has 5 heteroatoms. The molecule has 19 heavy (non-hydrogen) atoms. The minimum absolute atomic E-state index is 0.314. The van der Waals surface area contributed by atoms with Gasteiger partial charge in [0.2, 0.25) is 0 Å². The molecule has 0 atom stereocenters. The van der Waals surface area contributed by atoms with Crippen molar-refractivity contribution in [2.24, 2.45) is 0 Å². The number of halogens is 1. The standard InChI is InChI=1S/C14H14ClNO3/c1-7-6-11(18-4)8(2)5-10(7)13-12(14(15)17)9(3)19-16-13/h5-6H,1-4H3. The second-order valence-electron chi connectivity index (χ2n) is 4.37. The van der Waals surface area contributed by atoms with Gasteiger partial charge in [0.15, 0.2) is 0 Å². The van der Waals surface area contributed by atoms with Crippen LogP contribution >= 0.6 is 11.6 Å². The third kappa shape index (κ3) is 2.36. The number of ether oxygens (including phenoxy) is 1. The Kier molecular flexibility index (Phi) is 3.62. The zero-order valence-corrected chi connectivity index (χ0v) is 12.0. The second-order valence-corrected chi connectivity index (χ2v) is 4.72. The Balaban J connectivity index is 2.66. The van der Waals surface area contributed by atoms with Crippen molar-refractivity contribution in [2.45, 2.75) is 20.8 Å². The highest BCUT2D eigenvalue weighted by Gasteiger charge is 2.21. The van der Waals surface area contributed by atoms with Crippen LogP contribution in [0.25, 0.3) is 11.3 Å². The SMILES string of the molecule is COc1cc(C)c(-c2noc(C)c2C(=O)Cl)cc1C. The first-order valence-corrected chi connectivity index (χ1v) is 6.15. The molecule has 1 aromatic heterocycles. The van der Waals surface area contributed by atoms with Gasteiger partial charge in [-0.2, -0.15) is 0 Å². The molecule has 0 unspecified atom stereocenters. The van der Waals surface area contributed by atoms with Crippen molar-refractivity contribution < 1.29 is 14.1 Å². The maximum Gasteiger partial charge on any atom is 0.258 e. The van der Waals surface area contributed by atoms with Crippen molar-refractivity contribution in [3.8, 4) is 17.0 Å². The summed E-state index contributed by atoms with van der Waals surface area (Å²) in [6, 6.07) is 3.81. The molecular weight excluding hydrogens is 266 g/mol. The number of carbonyl (C=O) groups excluding carboxylic acids is 1. The summed E-state index contributed by atoms with van der Waals surface area (Å²) in [5.74, 6) is 1.21. The van der Waals surface area contributed by atoms with Gasteiger partial charge in [-0.15, -0.1) is 0 Å². The molecule has 4 nitrogen and oxygen atoms in total. The summed E-state index contributed by atoms with van der Waals surface area (Å²) in [4.78, 5) is 11.5. The largest absolute Gasteiger partial charge is 0.496 e. The Hall–Kier alpha value is -1.81. The van der Waals surface area contributed by atoms with Gasteiger partial charge in [0, 0.05) is 5.56 Å². The molecule has 1 aromatic carbocycles. The van der Waals surface area contributed by atoms with E-state index in [4.69, 9.17) is 20.9 Å². The molecule has 0 N–H and O–H groups in total. The Morgan fingerprint density at radius 1 is 1.26 bits per heavy atom. The van der Waals surface area contributed by atoms with Crippen molar-refractivity contribution in [2.75, 3.05) is 7.11 Å². The van der Waals surface area contributed by atoms with Gasteiger partial charge in [-0.25, -0.2) is 0 Å². The van der Waals surface area contributed by atoms with E-state index in [9.17, 15) is 4.79 Å². The molecule has 0 bridgehead atoms. The first-order valence-electron chi connectivity index (χ1n) is 5.77. The lowest BCUT2D eigenvalue weighted by Crippen LogP contribution is -1.96. The van der Waals surface area contributed by atoms with Gasteiger partial charge >= 0.3 is 0 Å². The first-order chi connectivity index (χ1) is 8.95. The molecule has 0 fully saturated rings. The molecule has 2 aromatic rings. The molecule has 0 aliphatic carbocycles. The fourth-order valence-electron chi connectivity index (χ4n) is 2.05. The maximum absolute atomic E-state index is 11.5. The Labute approximate surface area is 116 Å². The molecule has 1 heterocycles. The third-order valence-corrected chi connectivity index (χ3v) is 3.25. The van der Waals surface area contributed by atoms with Crippen LogP contribution in [-0.2, 0) is 0 Å². The highest BCUT2D eigenvalue weighted by Crippen LogP contribution is 2.33. The molecule has 0 spiro atoms. The van der Waals surface area contributed by atoms with Gasteiger partial charge in [0.1, 0.15) is 22.8 Å². The predicted octanol–water partition coefficient (Wildman–Crippen LogP) is 3.65. The van der Waals surface area contributed by atoms with Crippen LogP contribution in [0.15, 0.2) is 16.7 Å². The Morgan fingerprint density at radius 2 is 1.95 bits per heavy atom. The minimum atomic E-state index is -0.568. The van der Waals surface area contributed by atoms with E-state index in [2.05, 4.69) is 5.16 Å². The summed E-state index contributed by atoms with van der Waals surface area (Å²) in [5, 5.41) is 3.38. The van der Waals surface area contributed by atoms with Crippen molar-refractivity contribution in [1.82, 2.24) is 5.16 Å². The van der Waals surface area contributed by atoms with Crippen LogP contribution in [0.4, 0.5) is 0 Å². The van der Waals surface area contributed by atoms with Gasteiger partial charge in [-0.05, 0) is 55.6 Å². The smallest absolute Gasteiger partial charge is 0.258 e. The number of hydrogen-bond donors (Lipinski definition) is 0. The topological polar surface area (TPSA) is 52.3 Å². The number of hydrogen-bond acceptors (Lipinski definition) is 4. The van der Waals surface area contributed by atoms with Crippen LogP contribution in [0.1, 0.15) is 27.2 Å². The summed E-state index contributed by atoms with van der Waals surface area (Å²) in [6.45, 7) is 5.51. The van der Waals surface area contributed by atoms with E-state index in [1.807, 2.05) is 26.0 Å². The number of methoxy groups -OCH3 is 1. The van der Waals surface area contributed by atoms with Crippen molar-refractivity contribution in [3.05, 3.63) is 34.6 Å². The average Bonchev–Trinajstić information content (AvgIpc) is 2.73. The van der Waals surface area contributed by atoms with Crippen molar-refractivity contribution in [3.63, 3.8) is 0 Å². The van der Waals surface area contributed by atoms with Crippen LogP contribution < -0.4 is 4.74 Å². The van der Waals surface area contributed by atoms with Gasteiger partial charge in [0.05, 0.1) is 7.11 Å². The molecule has 0 saturated heterocycles. The zero-order chi connectivity index (χ0) is 14.2. The predicted molar refractivity (Wildman–Crippen MR) is 72.9 cm³/mol. The summed E-state index contributed by atoms with van der Waals surface area (Å²) in [5.41, 5.74) is 3.50. The first kappa shape index (κ1) is 13.6. The molecule has 0 saturated carbocycles. The molecule has 100 valence electrons. The number of rotatable bonds is 3. The van der Waals surface area contributed by atoms with E-state index in [-0.39, 0.29) is 0 Å². The van der Waals surface area contributed by atoms with E-state index >= 15 is 0 Å². The van der Waals surface area contributed by atoms with Crippen LogP contribution in [0, 0.1) is 20.8 Å². The van der Waals surface area contributed by atoms with Crippen LogP contribution in [0.3, 0.4) is 0 Å². The summed E-state index contributed by atoms with van der Waals surface area (Å²) in [6.07, 6.45) is 0. The van der Waals surface area contributed by atoms with Crippen molar-refractivity contribution >= 4 is 16.8 Å². The van der Waals surface area contributed by atoms with E-state index in [0.717, 1.165) is 22.4 Å². The average molecular weight is 280 g/mol. The molecule has 0 aliphatic rings. The lowest BCUT2D eigenvalue weighted by molar-refractivity contribution is 0.108. The molecule has 0 amide bonds. The Bertz CT molecular complexity index is 646. The van der Waals surface area contributed by atoms with Crippen LogP contribution in [0.2, 0.25) is 0 Å². The Morgan fingerprint density at radius 3 is 2.53 bits per heavy atom. The van der Waals surface area contributed by atoms with Gasteiger partial charge in [0.25, 0.3) is 5.24 Å². The van der Waals surface area contributed by atoms with Crippen LogP contribution in [0.5, 0.6) is 5.75 Å². The van der Waals surface area contributed by atoms with Gasteiger partial charge < -0.3 is 9.26 Å².